The molecule has 90 valence electrons. The standard InChI is InChI=1S/C12H16N4O/c1-2-17-12-5-3-10(4-6-12)7-16-8-11(9-16)14-15-13/h3-6,11H,2,7-9H2,1H3. The maximum absolute atomic E-state index is 8.28. The number of hydrogen-bond donors (Lipinski definition) is 0. The van der Waals surface area contributed by atoms with Gasteiger partial charge < -0.3 is 4.74 Å². The van der Waals surface area contributed by atoms with Crippen LogP contribution in [0.2, 0.25) is 0 Å². The number of hydrogen-bond acceptors (Lipinski definition) is 3. The molecule has 0 spiro atoms. The van der Waals surface area contributed by atoms with Crippen molar-refractivity contribution in [2.45, 2.75) is 19.5 Å². The number of rotatable bonds is 5. The number of nitrogens with zero attached hydrogens (tertiary/aromatic N) is 4. The van der Waals surface area contributed by atoms with Crippen molar-refractivity contribution < 1.29 is 4.74 Å². The summed E-state index contributed by atoms with van der Waals surface area (Å²) < 4.78 is 5.39. The number of ether oxygens (including phenoxy) is 1. The van der Waals surface area contributed by atoms with Crippen molar-refractivity contribution in [3.05, 3.63) is 40.3 Å². The lowest BCUT2D eigenvalue weighted by Gasteiger charge is -2.36. The molecule has 1 saturated heterocycles. The number of likely N-dealkylation sites (tertiary alicyclic amines) is 1. The molecule has 1 aromatic rings. The van der Waals surface area contributed by atoms with Gasteiger partial charge in [-0.05, 0) is 30.2 Å². The molecule has 1 aliphatic heterocycles. The molecule has 2 rings (SSSR count). The Labute approximate surface area is 101 Å². The first-order chi connectivity index (χ1) is 8.31. The molecule has 1 fully saturated rings. The molecule has 1 aromatic carbocycles. The van der Waals surface area contributed by atoms with Crippen molar-refractivity contribution in [1.82, 2.24) is 4.90 Å². The Balaban J connectivity index is 1.82. The summed E-state index contributed by atoms with van der Waals surface area (Å²) in [6, 6.07) is 8.29. The lowest BCUT2D eigenvalue weighted by Crippen LogP contribution is -2.48. The van der Waals surface area contributed by atoms with Gasteiger partial charge in [-0.15, -0.1) is 0 Å². The van der Waals surface area contributed by atoms with Crippen LogP contribution in [0.5, 0.6) is 5.75 Å². The first-order valence-corrected chi connectivity index (χ1v) is 5.80. The Morgan fingerprint density at radius 2 is 2.12 bits per heavy atom. The zero-order valence-electron chi connectivity index (χ0n) is 9.91. The van der Waals surface area contributed by atoms with Crippen LogP contribution in [0.1, 0.15) is 12.5 Å². The highest BCUT2D eigenvalue weighted by molar-refractivity contribution is 5.27. The van der Waals surface area contributed by atoms with Crippen LogP contribution in [0, 0.1) is 0 Å². The van der Waals surface area contributed by atoms with Gasteiger partial charge in [0.1, 0.15) is 5.75 Å². The topological polar surface area (TPSA) is 61.2 Å². The third-order valence-electron chi connectivity index (χ3n) is 2.79. The van der Waals surface area contributed by atoms with Crippen molar-refractivity contribution in [3.63, 3.8) is 0 Å². The van der Waals surface area contributed by atoms with Crippen LogP contribution in [-0.2, 0) is 6.54 Å². The van der Waals surface area contributed by atoms with E-state index in [-0.39, 0.29) is 6.04 Å². The molecule has 0 unspecified atom stereocenters. The molecule has 0 aliphatic carbocycles. The second-order valence-electron chi connectivity index (χ2n) is 4.13. The van der Waals surface area contributed by atoms with Crippen molar-refractivity contribution >= 4 is 0 Å². The molecular weight excluding hydrogens is 216 g/mol. The predicted octanol–water partition coefficient (Wildman–Crippen LogP) is 2.58. The number of benzene rings is 1. The van der Waals surface area contributed by atoms with Crippen molar-refractivity contribution in [2.24, 2.45) is 5.11 Å². The second-order valence-corrected chi connectivity index (χ2v) is 4.13. The Hall–Kier alpha value is -1.71. The van der Waals surface area contributed by atoms with Gasteiger partial charge in [-0.1, -0.05) is 17.2 Å². The minimum absolute atomic E-state index is 0.155. The maximum atomic E-state index is 8.28. The van der Waals surface area contributed by atoms with Crippen molar-refractivity contribution in [2.75, 3.05) is 19.7 Å². The molecular formula is C12H16N4O. The Bertz CT molecular complexity index is 405. The third-order valence-corrected chi connectivity index (χ3v) is 2.79. The van der Waals surface area contributed by atoms with E-state index in [1.54, 1.807) is 0 Å². The average molecular weight is 232 g/mol. The van der Waals surface area contributed by atoms with Gasteiger partial charge in [-0.25, -0.2) is 0 Å². The molecule has 1 heterocycles. The molecule has 17 heavy (non-hydrogen) atoms. The minimum Gasteiger partial charge on any atom is -0.494 e. The second kappa shape index (κ2) is 5.57. The van der Waals surface area contributed by atoms with E-state index in [0.717, 1.165) is 25.4 Å². The lowest BCUT2D eigenvalue weighted by atomic mass is 10.1. The molecule has 5 nitrogen and oxygen atoms in total. The Morgan fingerprint density at radius 3 is 2.71 bits per heavy atom. The highest BCUT2D eigenvalue weighted by Gasteiger charge is 2.25. The fourth-order valence-electron chi connectivity index (χ4n) is 1.93. The van der Waals surface area contributed by atoms with Gasteiger partial charge in [0.2, 0.25) is 0 Å². The van der Waals surface area contributed by atoms with Gasteiger partial charge in [0.05, 0.1) is 12.6 Å². The van der Waals surface area contributed by atoms with Gasteiger partial charge in [-0.2, -0.15) is 0 Å². The largest absolute Gasteiger partial charge is 0.494 e. The normalized spacial score (nSPS) is 16.1. The van der Waals surface area contributed by atoms with E-state index < -0.39 is 0 Å². The molecule has 0 radical (unpaired) electrons. The van der Waals surface area contributed by atoms with Gasteiger partial charge >= 0.3 is 0 Å². The quantitative estimate of drug-likeness (QED) is 0.445. The smallest absolute Gasteiger partial charge is 0.119 e. The molecule has 0 N–H and O–H groups in total. The zero-order valence-corrected chi connectivity index (χ0v) is 9.91. The Kier molecular flexibility index (Phi) is 3.85. The Morgan fingerprint density at radius 1 is 1.41 bits per heavy atom. The summed E-state index contributed by atoms with van der Waals surface area (Å²) in [5.74, 6) is 0.909. The lowest BCUT2D eigenvalue weighted by molar-refractivity contribution is 0.142. The molecule has 0 atom stereocenters. The summed E-state index contributed by atoms with van der Waals surface area (Å²) in [5.41, 5.74) is 9.54. The fourth-order valence-corrected chi connectivity index (χ4v) is 1.93. The first-order valence-electron chi connectivity index (χ1n) is 5.80. The first kappa shape index (κ1) is 11.8. The van der Waals surface area contributed by atoms with E-state index in [9.17, 15) is 0 Å². The van der Waals surface area contributed by atoms with Crippen LogP contribution in [0.3, 0.4) is 0 Å². The number of azide groups is 1. The maximum Gasteiger partial charge on any atom is 0.119 e. The van der Waals surface area contributed by atoms with Gasteiger partial charge in [-0.3, -0.25) is 4.90 Å². The molecule has 0 aromatic heterocycles. The molecule has 5 heteroatoms. The molecule has 0 bridgehead atoms. The van der Waals surface area contributed by atoms with Gasteiger partial charge in [0, 0.05) is 24.5 Å². The van der Waals surface area contributed by atoms with Crippen LogP contribution in [0.25, 0.3) is 10.4 Å². The summed E-state index contributed by atoms with van der Waals surface area (Å²) in [5, 5.41) is 3.68. The highest BCUT2D eigenvalue weighted by atomic mass is 16.5. The minimum atomic E-state index is 0.155. The zero-order chi connectivity index (χ0) is 12.1. The summed E-state index contributed by atoms with van der Waals surface area (Å²) in [4.78, 5) is 5.07. The summed E-state index contributed by atoms with van der Waals surface area (Å²) >= 11 is 0. The predicted molar refractivity (Wildman–Crippen MR) is 65.8 cm³/mol. The van der Waals surface area contributed by atoms with Crippen LogP contribution in [-0.4, -0.2) is 30.6 Å². The van der Waals surface area contributed by atoms with E-state index in [1.807, 2.05) is 19.1 Å². The average Bonchev–Trinajstić information content (AvgIpc) is 2.29. The summed E-state index contributed by atoms with van der Waals surface area (Å²) in [6.07, 6.45) is 0. The van der Waals surface area contributed by atoms with Crippen LogP contribution < -0.4 is 4.74 Å². The SMILES string of the molecule is CCOc1ccc(CN2CC(N=[N+]=[N-])C2)cc1. The van der Waals surface area contributed by atoms with E-state index in [0.29, 0.717) is 6.61 Å². The van der Waals surface area contributed by atoms with Gasteiger partial charge in [0.15, 0.2) is 0 Å². The molecule has 1 aliphatic rings. The highest BCUT2D eigenvalue weighted by Crippen LogP contribution is 2.18. The monoisotopic (exact) mass is 232 g/mol. The van der Waals surface area contributed by atoms with Crippen LogP contribution >= 0.6 is 0 Å². The molecule has 0 saturated carbocycles. The van der Waals surface area contributed by atoms with Gasteiger partial charge in [0.25, 0.3) is 0 Å². The fraction of sp³-hybridized carbons (Fsp3) is 0.500. The van der Waals surface area contributed by atoms with Crippen LogP contribution in [0.15, 0.2) is 29.4 Å². The van der Waals surface area contributed by atoms with E-state index in [1.165, 1.54) is 5.56 Å². The van der Waals surface area contributed by atoms with E-state index in [4.69, 9.17) is 10.3 Å². The third kappa shape index (κ3) is 3.12. The van der Waals surface area contributed by atoms with Crippen molar-refractivity contribution in [1.29, 1.82) is 0 Å². The van der Waals surface area contributed by atoms with Crippen molar-refractivity contribution in [3.8, 4) is 5.75 Å². The van der Waals surface area contributed by atoms with E-state index >= 15 is 0 Å². The van der Waals surface area contributed by atoms with E-state index in [2.05, 4.69) is 27.1 Å². The summed E-state index contributed by atoms with van der Waals surface area (Å²) in [7, 11) is 0. The van der Waals surface area contributed by atoms with Crippen LogP contribution in [0.4, 0.5) is 0 Å². The summed E-state index contributed by atoms with van der Waals surface area (Å²) in [6.45, 7) is 5.29. The molecule has 0 amide bonds.